The zero-order chi connectivity index (χ0) is 23.1. The van der Waals surface area contributed by atoms with Gasteiger partial charge in [0.25, 0.3) is 0 Å². The molecule has 0 aromatic heterocycles. The van der Waals surface area contributed by atoms with Crippen LogP contribution in [0.4, 0.5) is 11.4 Å². The summed E-state index contributed by atoms with van der Waals surface area (Å²) >= 11 is 0. The molecule has 0 spiro atoms. The maximum absolute atomic E-state index is 12.3. The number of esters is 1. The van der Waals surface area contributed by atoms with Gasteiger partial charge in [-0.2, -0.15) is 0 Å². The lowest BCUT2D eigenvalue weighted by molar-refractivity contribution is -0.116. The van der Waals surface area contributed by atoms with Crippen LogP contribution in [0, 0.1) is 0 Å². The lowest BCUT2D eigenvalue weighted by Gasteiger charge is -2.25. The number of fused-ring (bicyclic) bond motifs is 1. The highest BCUT2D eigenvalue weighted by molar-refractivity contribution is 7.92. The Morgan fingerprint density at radius 2 is 1.75 bits per heavy atom. The van der Waals surface area contributed by atoms with Crippen LogP contribution in [-0.4, -0.2) is 52.9 Å². The lowest BCUT2D eigenvalue weighted by Crippen LogP contribution is -2.31. The van der Waals surface area contributed by atoms with E-state index in [-0.39, 0.29) is 25.5 Å². The molecule has 0 saturated carbocycles. The second-order valence-corrected chi connectivity index (χ2v) is 9.02. The van der Waals surface area contributed by atoms with E-state index in [4.69, 9.17) is 14.2 Å². The van der Waals surface area contributed by atoms with Crippen LogP contribution in [-0.2, 0) is 19.6 Å². The van der Waals surface area contributed by atoms with Gasteiger partial charge in [-0.15, -0.1) is 0 Å². The molecule has 3 rings (SSSR count). The predicted octanol–water partition coefficient (Wildman–Crippen LogP) is 2.82. The van der Waals surface area contributed by atoms with Crippen LogP contribution in [0.25, 0.3) is 0 Å². The number of hydrogen-bond donors (Lipinski definition) is 1. The number of anilines is 2. The van der Waals surface area contributed by atoms with Crippen molar-refractivity contribution in [1.29, 1.82) is 0 Å². The molecule has 1 heterocycles. The van der Waals surface area contributed by atoms with Gasteiger partial charge in [-0.1, -0.05) is 0 Å². The van der Waals surface area contributed by atoms with Crippen molar-refractivity contribution < 1.29 is 32.2 Å². The Kier molecular flexibility index (Phi) is 7.57. The molecule has 0 fully saturated rings. The van der Waals surface area contributed by atoms with E-state index in [0.717, 1.165) is 6.26 Å². The van der Waals surface area contributed by atoms with Gasteiger partial charge in [0.2, 0.25) is 15.9 Å². The van der Waals surface area contributed by atoms with E-state index in [0.29, 0.717) is 48.1 Å². The second kappa shape index (κ2) is 10.4. The molecule has 1 aliphatic rings. The number of rotatable bonds is 9. The van der Waals surface area contributed by atoms with Gasteiger partial charge in [-0.3, -0.25) is 9.10 Å². The van der Waals surface area contributed by atoms with Crippen molar-refractivity contribution in [3.05, 3.63) is 48.0 Å². The molecule has 0 atom stereocenters. The van der Waals surface area contributed by atoms with Gasteiger partial charge >= 0.3 is 5.97 Å². The minimum absolute atomic E-state index is 0.121. The van der Waals surface area contributed by atoms with Crippen LogP contribution in [0.5, 0.6) is 11.5 Å². The molecule has 0 unspecified atom stereocenters. The predicted molar refractivity (Wildman–Crippen MR) is 120 cm³/mol. The first-order chi connectivity index (χ1) is 15.3. The molecule has 10 heteroatoms. The molecule has 2 aromatic carbocycles. The number of carbonyl (C=O) groups is 2. The number of hydrogen-bond acceptors (Lipinski definition) is 7. The van der Waals surface area contributed by atoms with Gasteiger partial charge in [0.1, 0.15) is 13.2 Å². The van der Waals surface area contributed by atoms with E-state index in [2.05, 4.69) is 5.32 Å². The Balaban J connectivity index is 1.57. The summed E-state index contributed by atoms with van der Waals surface area (Å²) < 4.78 is 41.8. The molecule has 32 heavy (non-hydrogen) atoms. The average molecular weight is 463 g/mol. The van der Waals surface area contributed by atoms with Crippen LogP contribution in [0.15, 0.2) is 42.5 Å². The molecular formula is C22H26N2O7S. The van der Waals surface area contributed by atoms with Gasteiger partial charge in [0.15, 0.2) is 11.5 Å². The Labute approximate surface area is 187 Å². The largest absolute Gasteiger partial charge is 0.486 e. The topological polar surface area (TPSA) is 111 Å². The molecule has 0 saturated heterocycles. The quantitative estimate of drug-likeness (QED) is 0.571. The van der Waals surface area contributed by atoms with Gasteiger partial charge in [-0.25, -0.2) is 13.2 Å². The third-order valence-corrected chi connectivity index (χ3v) is 5.85. The second-order valence-electron chi connectivity index (χ2n) is 7.11. The summed E-state index contributed by atoms with van der Waals surface area (Å²) in [5.74, 6) is 0.378. The Morgan fingerprint density at radius 1 is 1.06 bits per heavy atom. The molecule has 0 radical (unpaired) electrons. The number of amides is 1. The summed E-state index contributed by atoms with van der Waals surface area (Å²) in [6.07, 6.45) is 1.55. The first-order valence-corrected chi connectivity index (χ1v) is 12.1. The van der Waals surface area contributed by atoms with Crippen molar-refractivity contribution >= 4 is 33.3 Å². The zero-order valence-electron chi connectivity index (χ0n) is 18.0. The number of nitrogens with zero attached hydrogens (tertiary/aromatic N) is 1. The minimum atomic E-state index is -3.56. The van der Waals surface area contributed by atoms with Crippen LogP contribution in [0.1, 0.15) is 30.1 Å². The van der Waals surface area contributed by atoms with Crippen molar-refractivity contribution in [2.45, 2.75) is 19.8 Å². The number of sulfonamides is 1. The van der Waals surface area contributed by atoms with E-state index in [1.165, 1.54) is 4.31 Å². The number of ether oxygens (including phenoxy) is 3. The first-order valence-electron chi connectivity index (χ1n) is 10.2. The fourth-order valence-corrected chi connectivity index (χ4v) is 4.14. The summed E-state index contributed by atoms with van der Waals surface area (Å²) in [6, 6.07) is 11.3. The molecule has 2 aromatic rings. The third-order valence-electron chi connectivity index (χ3n) is 4.66. The highest BCUT2D eigenvalue weighted by Gasteiger charge is 2.21. The highest BCUT2D eigenvalue weighted by Crippen LogP contribution is 2.34. The normalized spacial score (nSPS) is 12.7. The zero-order valence-corrected chi connectivity index (χ0v) is 18.8. The summed E-state index contributed by atoms with van der Waals surface area (Å²) in [5.41, 5.74) is 1.38. The number of nitrogens with one attached hydrogen (secondary N) is 1. The monoisotopic (exact) mass is 462 g/mol. The fraction of sp³-hybridized carbons (Fsp3) is 0.364. The van der Waals surface area contributed by atoms with E-state index in [9.17, 15) is 18.0 Å². The van der Waals surface area contributed by atoms with Crippen molar-refractivity contribution in [3.63, 3.8) is 0 Å². The van der Waals surface area contributed by atoms with E-state index in [1.54, 1.807) is 49.4 Å². The van der Waals surface area contributed by atoms with Gasteiger partial charge in [0.05, 0.1) is 24.1 Å². The van der Waals surface area contributed by atoms with Crippen molar-refractivity contribution in [2.75, 3.05) is 42.2 Å². The van der Waals surface area contributed by atoms with Crippen molar-refractivity contribution in [3.8, 4) is 11.5 Å². The van der Waals surface area contributed by atoms with Crippen molar-refractivity contribution in [1.82, 2.24) is 0 Å². The minimum Gasteiger partial charge on any atom is -0.486 e. The van der Waals surface area contributed by atoms with Crippen molar-refractivity contribution in [2.24, 2.45) is 0 Å². The maximum Gasteiger partial charge on any atom is 0.338 e. The SMILES string of the molecule is CCOC(=O)c1ccc(NC(=O)CCCN(c2ccc3c(c2)OCCO3)S(C)(=O)=O)cc1. The first kappa shape index (κ1) is 23.4. The Morgan fingerprint density at radius 3 is 2.41 bits per heavy atom. The molecule has 9 nitrogen and oxygen atoms in total. The standard InChI is InChI=1S/C22H26N2O7S/c1-3-29-22(26)16-6-8-17(9-7-16)23-21(25)5-4-12-24(32(2,27)28)18-10-11-19-20(15-18)31-14-13-30-19/h6-11,15H,3-5,12-14H2,1-2H3,(H,23,25). The number of carbonyl (C=O) groups excluding carboxylic acids is 2. The molecule has 1 aliphatic heterocycles. The van der Waals surface area contributed by atoms with Crippen LogP contribution in [0.3, 0.4) is 0 Å². The maximum atomic E-state index is 12.3. The van der Waals surface area contributed by atoms with E-state index < -0.39 is 16.0 Å². The van der Waals surface area contributed by atoms with Crippen LogP contribution < -0.4 is 19.1 Å². The Bertz CT molecular complexity index is 1070. The summed E-state index contributed by atoms with van der Waals surface area (Å²) in [6.45, 7) is 2.99. The Hall–Kier alpha value is -3.27. The molecule has 1 N–H and O–H groups in total. The van der Waals surface area contributed by atoms with E-state index >= 15 is 0 Å². The van der Waals surface area contributed by atoms with Gasteiger partial charge in [-0.05, 0) is 49.7 Å². The molecule has 0 bridgehead atoms. The molecule has 0 aliphatic carbocycles. The molecule has 172 valence electrons. The van der Waals surface area contributed by atoms with E-state index in [1.807, 2.05) is 0 Å². The third kappa shape index (κ3) is 6.13. The molecular weight excluding hydrogens is 436 g/mol. The van der Waals surface area contributed by atoms with Gasteiger partial charge in [0, 0.05) is 24.7 Å². The van der Waals surface area contributed by atoms with Crippen LogP contribution >= 0.6 is 0 Å². The summed E-state index contributed by atoms with van der Waals surface area (Å²) in [7, 11) is -3.56. The number of benzene rings is 2. The van der Waals surface area contributed by atoms with Crippen LogP contribution in [0.2, 0.25) is 0 Å². The smallest absolute Gasteiger partial charge is 0.338 e. The summed E-state index contributed by atoms with van der Waals surface area (Å²) in [5, 5.41) is 2.74. The fourth-order valence-electron chi connectivity index (χ4n) is 3.18. The van der Waals surface area contributed by atoms with Gasteiger partial charge < -0.3 is 19.5 Å². The lowest BCUT2D eigenvalue weighted by atomic mass is 10.2. The molecule has 1 amide bonds. The summed E-state index contributed by atoms with van der Waals surface area (Å²) in [4.78, 5) is 24.0. The highest BCUT2D eigenvalue weighted by atomic mass is 32.2. The average Bonchev–Trinajstić information content (AvgIpc) is 2.76.